The summed E-state index contributed by atoms with van der Waals surface area (Å²) in [5.74, 6) is 0.744. The van der Waals surface area contributed by atoms with Gasteiger partial charge in [0.1, 0.15) is 5.75 Å². The molecule has 0 aromatic heterocycles. The van der Waals surface area contributed by atoms with Gasteiger partial charge >= 0.3 is 11.9 Å². The lowest BCUT2D eigenvalue weighted by molar-refractivity contribution is -0.137. The number of esters is 2. The fourth-order valence-electron chi connectivity index (χ4n) is 2.70. The van der Waals surface area contributed by atoms with Crippen LogP contribution in [0.3, 0.4) is 0 Å². The van der Waals surface area contributed by atoms with Crippen molar-refractivity contribution in [2.45, 2.75) is 25.7 Å². The maximum absolute atomic E-state index is 12.0. The van der Waals surface area contributed by atoms with Gasteiger partial charge in [-0.25, -0.2) is 9.59 Å². The number of ether oxygens (including phenoxy) is 4. The van der Waals surface area contributed by atoms with Crippen LogP contribution in [0.1, 0.15) is 31.2 Å². The average molecular weight is 459 g/mol. The van der Waals surface area contributed by atoms with Gasteiger partial charge in [-0.3, -0.25) is 0 Å². The molecule has 0 N–H and O–H groups in total. The number of hydrogen-bond acceptors (Lipinski definition) is 6. The summed E-state index contributed by atoms with van der Waals surface area (Å²) in [5.41, 5.74) is 0.774. The second kappa shape index (κ2) is 13.9. The quantitative estimate of drug-likeness (QED) is 0.167. The van der Waals surface area contributed by atoms with Crippen molar-refractivity contribution >= 4 is 29.6 Å². The van der Waals surface area contributed by atoms with Gasteiger partial charge in [-0.1, -0.05) is 24.2 Å². The first-order chi connectivity index (χ1) is 15.5. The van der Waals surface area contributed by atoms with Crippen LogP contribution >= 0.6 is 11.6 Å². The highest BCUT2D eigenvalue weighted by molar-refractivity contribution is 6.30. The number of carbonyl (C=O) groups is 2. The summed E-state index contributed by atoms with van der Waals surface area (Å²) < 4.78 is 21.4. The lowest BCUT2D eigenvalue weighted by Gasteiger charge is -2.11. The van der Waals surface area contributed by atoms with Crippen LogP contribution in [0.25, 0.3) is 6.08 Å². The van der Waals surface area contributed by atoms with Crippen molar-refractivity contribution in [2.75, 3.05) is 20.3 Å². The van der Waals surface area contributed by atoms with E-state index >= 15 is 0 Å². The zero-order valence-corrected chi connectivity index (χ0v) is 18.8. The Morgan fingerprint density at radius 3 is 2.34 bits per heavy atom. The third-order valence-electron chi connectivity index (χ3n) is 4.34. The molecule has 0 amide bonds. The smallest absolute Gasteiger partial charge is 0.336 e. The Labute approximate surface area is 193 Å². The molecule has 0 aliphatic heterocycles. The standard InChI is InChI=1S/C25H27ClO6/c1-3-24(27)31-17-7-5-4-6-16-30-22-14-8-19(18-23(22)29-2)9-15-25(28)32-21-12-10-20(26)11-13-21/h3,8-15,18H,1,4-7,16-17H2,2H3/b15-9+. The Kier molecular flexibility index (Phi) is 10.9. The summed E-state index contributed by atoms with van der Waals surface area (Å²) in [6.07, 6.45) is 7.74. The Morgan fingerprint density at radius 1 is 0.938 bits per heavy atom. The zero-order valence-electron chi connectivity index (χ0n) is 18.1. The third kappa shape index (κ3) is 9.27. The number of carbonyl (C=O) groups excluding carboxylic acids is 2. The number of benzene rings is 2. The highest BCUT2D eigenvalue weighted by atomic mass is 35.5. The van der Waals surface area contributed by atoms with Crippen molar-refractivity contribution in [1.82, 2.24) is 0 Å². The van der Waals surface area contributed by atoms with Crippen LogP contribution < -0.4 is 14.2 Å². The number of hydrogen-bond donors (Lipinski definition) is 0. The van der Waals surface area contributed by atoms with E-state index in [-0.39, 0.29) is 0 Å². The van der Waals surface area contributed by atoms with E-state index in [1.807, 2.05) is 6.07 Å². The molecule has 0 heterocycles. The van der Waals surface area contributed by atoms with E-state index in [4.69, 9.17) is 30.5 Å². The molecule has 7 heteroatoms. The maximum Gasteiger partial charge on any atom is 0.336 e. The topological polar surface area (TPSA) is 71.1 Å². The minimum atomic E-state index is -0.495. The Morgan fingerprint density at radius 2 is 1.66 bits per heavy atom. The van der Waals surface area contributed by atoms with E-state index in [0.29, 0.717) is 35.5 Å². The van der Waals surface area contributed by atoms with Crippen LogP contribution in [0.2, 0.25) is 5.02 Å². The van der Waals surface area contributed by atoms with Crippen molar-refractivity contribution in [2.24, 2.45) is 0 Å². The molecule has 2 aromatic carbocycles. The lowest BCUT2D eigenvalue weighted by Crippen LogP contribution is -2.03. The van der Waals surface area contributed by atoms with Gasteiger partial charge in [0.15, 0.2) is 11.5 Å². The monoisotopic (exact) mass is 458 g/mol. The Hall–Kier alpha value is -3.25. The van der Waals surface area contributed by atoms with Crippen LogP contribution in [0, 0.1) is 0 Å². The minimum absolute atomic E-state index is 0.392. The SMILES string of the molecule is C=CC(=O)OCCCCCCOc1ccc(/C=C/C(=O)Oc2ccc(Cl)cc2)cc1OC. The van der Waals surface area contributed by atoms with Crippen LogP contribution in [-0.2, 0) is 14.3 Å². The molecule has 2 aromatic rings. The molecule has 0 atom stereocenters. The fourth-order valence-corrected chi connectivity index (χ4v) is 2.82. The van der Waals surface area contributed by atoms with E-state index in [2.05, 4.69) is 6.58 Å². The predicted octanol–water partition coefficient (Wildman–Crippen LogP) is 5.64. The van der Waals surface area contributed by atoms with Gasteiger partial charge in [0.25, 0.3) is 0 Å². The molecule has 0 aliphatic rings. The molecule has 0 saturated carbocycles. The Balaban J connectivity index is 1.76. The van der Waals surface area contributed by atoms with Gasteiger partial charge in [0.05, 0.1) is 20.3 Å². The second-order valence-electron chi connectivity index (χ2n) is 6.75. The van der Waals surface area contributed by atoms with Crippen LogP contribution in [0.15, 0.2) is 61.2 Å². The molecule has 0 saturated heterocycles. The second-order valence-corrected chi connectivity index (χ2v) is 7.19. The van der Waals surface area contributed by atoms with Crippen molar-refractivity contribution in [3.05, 3.63) is 71.8 Å². The van der Waals surface area contributed by atoms with Gasteiger partial charge < -0.3 is 18.9 Å². The number of rotatable bonds is 13. The summed E-state index contributed by atoms with van der Waals surface area (Å²) in [6, 6.07) is 12.0. The molecule has 0 aliphatic carbocycles. The van der Waals surface area contributed by atoms with Gasteiger partial charge in [0.2, 0.25) is 0 Å². The maximum atomic E-state index is 12.0. The molecule has 0 unspecified atom stereocenters. The summed E-state index contributed by atoms with van der Waals surface area (Å²) >= 11 is 5.82. The molecular formula is C25H27ClO6. The number of methoxy groups -OCH3 is 1. The highest BCUT2D eigenvalue weighted by Crippen LogP contribution is 2.29. The molecular weight excluding hydrogens is 432 g/mol. The largest absolute Gasteiger partial charge is 0.493 e. The summed E-state index contributed by atoms with van der Waals surface area (Å²) in [6.45, 7) is 4.31. The van der Waals surface area contributed by atoms with E-state index in [1.165, 1.54) is 6.08 Å². The van der Waals surface area contributed by atoms with E-state index in [9.17, 15) is 9.59 Å². The summed E-state index contributed by atoms with van der Waals surface area (Å²) in [4.78, 5) is 22.9. The van der Waals surface area contributed by atoms with Crippen molar-refractivity contribution in [3.63, 3.8) is 0 Å². The molecule has 0 radical (unpaired) electrons. The summed E-state index contributed by atoms with van der Waals surface area (Å²) in [7, 11) is 1.56. The third-order valence-corrected chi connectivity index (χ3v) is 4.59. The molecule has 6 nitrogen and oxygen atoms in total. The lowest BCUT2D eigenvalue weighted by atomic mass is 10.2. The van der Waals surface area contributed by atoms with E-state index < -0.39 is 11.9 Å². The molecule has 0 fully saturated rings. The van der Waals surface area contributed by atoms with Crippen LogP contribution in [0.5, 0.6) is 17.2 Å². The molecule has 170 valence electrons. The van der Waals surface area contributed by atoms with Crippen molar-refractivity contribution < 1.29 is 28.5 Å². The normalized spacial score (nSPS) is 10.6. The fraction of sp³-hybridized carbons (Fsp3) is 0.280. The van der Waals surface area contributed by atoms with E-state index in [0.717, 1.165) is 37.3 Å². The van der Waals surface area contributed by atoms with Gasteiger partial charge in [-0.2, -0.15) is 0 Å². The summed E-state index contributed by atoms with van der Waals surface area (Å²) in [5, 5.41) is 0.571. The minimum Gasteiger partial charge on any atom is -0.493 e. The first-order valence-corrected chi connectivity index (χ1v) is 10.6. The van der Waals surface area contributed by atoms with Gasteiger partial charge in [-0.15, -0.1) is 0 Å². The first-order valence-electron chi connectivity index (χ1n) is 10.3. The number of unbranched alkanes of at least 4 members (excludes halogenated alkanes) is 3. The van der Waals surface area contributed by atoms with Gasteiger partial charge in [0, 0.05) is 17.2 Å². The van der Waals surface area contributed by atoms with Crippen molar-refractivity contribution in [1.29, 1.82) is 0 Å². The first kappa shape index (κ1) is 25.0. The van der Waals surface area contributed by atoms with Crippen molar-refractivity contribution in [3.8, 4) is 17.2 Å². The average Bonchev–Trinajstić information content (AvgIpc) is 2.81. The molecule has 0 spiro atoms. The molecule has 32 heavy (non-hydrogen) atoms. The molecule has 0 bridgehead atoms. The van der Waals surface area contributed by atoms with E-state index in [1.54, 1.807) is 49.6 Å². The zero-order chi connectivity index (χ0) is 23.2. The van der Waals surface area contributed by atoms with Gasteiger partial charge in [-0.05, 0) is 73.7 Å². The predicted molar refractivity (Wildman–Crippen MR) is 124 cm³/mol. The van der Waals surface area contributed by atoms with Crippen LogP contribution in [0.4, 0.5) is 0 Å². The van der Waals surface area contributed by atoms with Crippen LogP contribution in [-0.4, -0.2) is 32.3 Å². The number of halogens is 1. The molecule has 2 rings (SSSR count). The Bertz CT molecular complexity index is 921. The highest BCUT2D eigenvalue weighted by Gasteiger charge is 2.06.